The lowest BCUT2D eigenvalue weighted by Crippen LogP contribution is -2.34. The average molecular weight is 485 g/mol. The summed E-state index contributed by atoms with van der Waals surface area (Å²) in [7, 11) is 0. The van der Waals surface area contributed by atoms with Crippen LogP contribution in [0.1, 0.15) is 79.2 Å². The van der Waals surface area contributed by atoms with Crippen LogP contribution in [0.2, 0.25) is 0 Å². The van der Waals surface area contributed by atoms with Crippen molar-refractivity contribution in [2.75, 3.05) is 6.54 Å². The molecule has 5 rings (SSSR count). The first-order valence-corrected chi connectivity index (χ1v) is 13.2. The van der Waals surface area contributed by atoms with Crippen LogP contribution < -0.4 is 5.56 Å². The minimum absolute atomic E-state index is 0.0255. The molecule has 4 aromatic rings. The number of benzene rings is 2. The molecule has 1 unspecified atom stereocenters. The van der Waals surface area contributed by atoms with E-state index in [9.17, 15) is 4.79 Å². The highest BCUT2D eigenvalue weighted by Gasteiger charge is 2.29. The van der Waals surface area contributed by atoms with Crippen molar-refractivity contribution in [3.8, 4) is 0 Å². The zero-order valence-electron chi connectivity index (χ0n) is 21.6. The topological polar surface area (TPSA) is 79.7 Å². The summed E-state index contributed by atoms with van der Waals surface area (Å²) >= 11 is 0. The Morgan fingerprint density at radius 2 is 1.89 bits per heavy atom. The maximum atomic E-state index is 13.2. The molecule has 0 radical (unpaired) electrons. The summed E-state index contributed by atoms with van der Waals surface area (Å²) in [6.07, 6.45) is 6.47. The van der Waals surface area contributed by atoms with Gasteiger partial charge >= 0.3 is 0 Å². The van der Waals surface area contributed by atoms with Gasteiger partial charge in [-0.3, -0.25) is 9.69 Å². The van der Waals surface area contributed by atoms with E-state index in [0.717, 1.165) is 60.1 Å². The van der Waals surface area contributed by atoms with Gasteiger partial charge in [0.25, 0.3) is 5.56 Å². The highest BCUT2D eigenvalue weighted by molar-refractivity contribution is 5.83. The Labute approximate surface area is 212 Å². The first kappa shape index (κ1) is 24.4. The average Bonchev–Trinajstić information content (AvgIpc) is 3.56. The molecule has 2 aromatic carbocycles. The second-order valence-corrected chi connectivity index (χ2v) is 10.2. The van der Waals surface area contributed by atoms with Gasteiger partial charge in [0.15, 0.2) is 5.82 Å². The minimum atomic E-state index is -0.0255. The summed E-state index contributed by atoms with van der Waals surface area (Å²) in [5.74, 6) is 0.918. The van der Waals surface area contributed by atoms with Gasteiger partial charge in [0.1, 0.15) is 0 Å². The normalized spacial score (nSPS) is 15.2. The van der Waals surface area contributed by atoms with Gasteiger partial charge in [-0.25, -0.2) is 4.68 Å². The second kappa shape index (κ2) is 10.7. The smallest absolute Gasteiger partial charge is 0.252 e. The Morgan fingerprint density at radius 1 is 1.11 bits per heavy atom. The van der Waals surface area contributed by atoms with E-state index in [2.05, 4.69) is 87.3 Å². The SMILES string of the molecule is CCC(c1nnnn1C1CCCC1)N(CCc1ccccc1)Cc1cc2c(C)cc(C)cc2[nH]c1=O. The number of hydrogen-bond acceptors (Lipinski definition) is 5. The predicted molar refractivity (Wildman–Crippen MR) is 143 cm³/mol. The number of pyridine rings is 1. The third-order valence-corrected chi connectivity index (χ3v) is 7.61. The first-order valence-electron chi connectivity index (χ1n) is 13.2. The maximum absolute atomic E-state index is 13.2. The molecule has 1 aliphatic carbocycles. The Kier molecular flexibility index (Phi) is 7.28. The molecule has 1 N–H and O–H groups in total. The lowest BCUT2D eigenvalue weighted by atomic mass is 10.0. The molecular formula is C29H36N6O. The highest BCUT2D eigenvalue weighted by Crippen LogP contribution is 2.33. The largest absolute Gasteiger partial charge is 0.322 e. The van der Waals surface area contributed by atoms with Crippen molar-refractivity contribution in [2.45, 2.75) is 77.9 Å². The molecule has 2 heterocycles. The van der Waals surface area contributed by atoms with Crippen LogP contribution in [0.3, 0.4) is 0 Å². The summed E-state index contributed by atoms with van der Waals surface area (Å²) in [5, 5.41) is 14.1. The van der Waals surface area contributed by atoms with E-state index in [-0.39, 0.29) is 11.6 Å². The van der Waals surface area contributed by atoms with Gasteiger partial charge in [-0.15, -0.1) is 5.10 Å². The van der Waals surface area contributed by atoms with E-state index in [1.807, 2.05) is 12.1 Å². The number of aromatic nitrogens is 5. The summed E-state index contributed by atoms with van der Waals surface area (Å²) < 4.78 is 2.06. The lowest BCUT2D eigenvalue weighted by molar-refractivity contribution is 0.169. The number of tetrazole rings is 1. The highest BCUT2D eigenvalue weighted by atomic mass is 16.1. The van der Waals surface area contributed by atoms with Crippen molar-refractivity contribution in [1.82, 2.24) is 30.1 Å². The molecule has 1 aliphatic rings. The van der Waals surface area contributed by atoms with Crippen molar-refractivity contribution in [3.63, 3.8) is 0 Å². The number of hydrogen-bond donors (Lipinski definition) is 1. The van der Waals surface area contributed by atoms with Crippen molar-refractivity contribution < 1.29 is 0 Å². The van der Waals surface area contributed by atoms with Gasteiger partial charge in [-0.1, -0.05) is 56.2 Å². The monoisotopic (exact) mass is 484 g/mol. The summed E-state index contributed by atoms with van der Waals surface area (Å²) in [6, 6.07) is 17.2. The zero-order chi connectivity index (χ0) is 25.1. The number of aromatic amines is 1. The summed E-state index contributed by atoms with van der Waals surface area (Å²) in [4.78, 5) is 18.7. The molecule has 0 bridgehead atoms. The summed E-state index contributed by atoms with van der Waals surface area (Å²) in [6.45, 7) is 7.71. The molecule has 1 fully saturated rings. The molecule has 2 aromatic heterocycles. The van der Waals surface area contributed by atoms with Crippen LogP contribution in [0.25, 0.3) is 10.9 Å². The Morgan fingerprint density at radius 3 is 2.64 bits per heavy atom. The number of nitrogens with one attached hydrogen (secondary N) is 1. The number of aryl methyl sites for hydroxylation is 2. The van der Waals surface area contributed by atoms with Gasteiger partial charge < -0.3 is 4.98 Å². The number of rotatable bonds is 9. The van der Waals surface area contributed by atoms with Crippen LogP contribution in [0.5, 0.6) is 0 Å². The zero-order valence-corrected chi connectivity index (χ0v) is 21.6. The van der Waals surface area contributed by atoms with Crippen LogP contribution in [0.4, 0.5) is 0 Å². The van der Waals surface area contributed by atoms with E-state index in [1.54, 1.807) is 0 Å². The number of nitrogens with zero attached hydrogens (tertiary/aromatic N) is 5. The van der Waals surface area contributed by atoms with E-state index < -0.39 is 0 Å². The first-order chi connectivity index (χ1) is 17.5. The maximum Gasteiger partial charge on any atom is 0.252 e. The quantitative estimate of drug-likeness (QED) is 0.342. The van der Waals surface area contributed by atoms with E-state index >= 15 is 0 Å². The van der Waals surface area contributed by atoms with Crippen molar-refractivity contribution in [3.05, 3.63) is 87.0 Å². The van der Waals surface area contributed by atoms with Crippen molar-refractivity contribution >= 4 is 10.9 Å². The van der Waals surface area contributed by atoms with Gasteiger partial charge in [-0.05, 0) is 78.8 Å². The molecule has 0 saturated heterocycles. The molecule has 0 aliphatic heterocycles. The van der Waals surface area contributed by atoms with Crippen LogP contribution in [0.15, 0.2) is 53.3 Å². The lowest BCUT2D eigenvalue weighted by Gasteiger charge is -2.31. The van der Waals surface area contributed by atoms with Crippen molar-refractivity contribution in [1.29, 1.82) is 0 Å². The van der Waals surface area contributed by atoms with E-state index in [4.69, 9.17) is 0 Å². The second-order valence-electron chi connectivity index (χ2n) is 10.2. The minimum Gasteiger partial charge on any atom is -0.322 e. The molecule has 7 heteroatoms. The molecule has 7 nitrogen and oxygen atoms in total. The molecule has 0 spiro atoms. The fraction of sp³-hybridized carbons (Fsp3) is 0.448. The van der Waals surface area contributed by atoms with Crippen LogP contribution in [-0.4, -0.2) is 36.6 Å². The Hall–Kier alpha value is -3.32. The Bertz CT molecular complexity index is 1370. The molecule has 36 heavy (non-hydrogen) atoms. The summed E-state index contributed by atoms with van der Waals surface area (Å²) in [5.41, 5.74) is 5.26. The van der Waals surface area contributed by atoms with Crippen LogP contribution in [-0.2, 0) is 13.0 Å². The van der Waals surface area contributed by atoms with Crippen LogP contribution >= 0.6 is 0 Å². The number of fused-ring (bicyclic) bond motifs is 1. The third kappa shape index (κ3) is 5.12. The molecular weight excluding hydrogens is 448 g/mol. The Balaban J connectivity index is 1.50. The predicted octanol–water partition coefficient (Wildman–Crippen LogP) is 5.44. The molecule has 1 atom stereocenters. The number of H-pyrrole nitrogens is 1. The fourth-order valence-electron chi connectivity index (χ4n) is 5.75. The van der Waals surface area contributed by atoms with E-state index in [0.29, 0.717) is 12.6 Å². The fourth-order valence-corrected chi connectivity index (χ4v) is 5.75. The molecule has 1 saturated carbocycles. The van der Waals surface area contributed by atoms with E-state index in [1.165, 1.54) is 24.0 Å². The van der Waals surface area contributed by atoms with Gasteiger partial charge in [0, 0.05) is 29.6 Å². The van der Waals surface area contributed by atoms with Gasteiger partial charge in [0.2, 0.25) is 0 Å². The standard InChI is InChI=1S/C29H36N6O/c1-4-27(28-31-32-33-35(28)24-12-8-9-13-24)34(15-14-22-10-6-5-7-11-22)19-23-18-25-21(3)16-20(2)17-26(25)30-29(23)36/h5-7,10-11,16-18,24,27H,4,8-9,12-15,19H2,1-3H3,(H,30,36). The van der Waals surface area contributed by atoms with Crippen LogP contribution in [0, 0.1) is 13.8 Å². The van der Waals surface area contributed by atoms with Gasteiger partial charge in [0.05, 0.1) is 12.1 Å². The molecule has 188 valence electrons. The van der Waals surface area contributed by atoms with Gasteiger partial charge in [-0.2, -0.15) is 0 Å². The van der Waals surface area contributed by atoms with Crippen molar-refractivity contribution in [2.24, 2.45) is 0 Å². The molecule has 0 amide bonds. The third-order valence-electron chi connectivity index (χ3n) is 7.61.